The molecule has 0 bridgehead atoms. The molecule has 3 heteroatoms. The van der Waals surface area contributed by atoms with Crippen molar-refractivity contribution in [2.24, 2.45) is 0 Å². The van der Waals surface area contributed by atoms with E-state index >= 15 is 0 Å². The fourth-order valence-electron chi connectivity index (χ4n) is 2.33. The van der Waals surface area contributed by atoms with Gasteiger partial charge >= 0.3 is 0 Å². The first kappa shape index (κ1) is 12.9. The molecule has 0 aliphatic heterocycles. The second kappa shape index (κ2) is 5.83. The van der Waals surface area contributed by atoms with Crippen molar-refractivity contribution in [1.29, 1.82) is 0 Å². The molecule has 0 aromatic carbocycles. The Balaban J connectivity index is 2.28. The monoisotopic (exact) mass is 215 g/mol. The molecular weight excluding hydrogens is 190 g/mol. The minimum atomic E-state index is -0.633. The minimum absolute atomic E-state index is 0.182. The van der Waals surface area contributed by atoms with Crippen LogP contribution in [-0.2, 0) is 0 Å². The third-order valence-corrected chi connectivity index (χ3v) is 3.26. The van der Waals surface area contributed by atoms with Crippen LogP contribution in [0.15, 0.2) is 0 Å². The fraction of sp³-hybridized carbons (Fsp3) is 1.00. The van der Waals surface area contributed by atoms with Crippen LogP contribution in [0.25, 0.3) is 0 Å². The maximum absolute atomic E-state index is 9.99. The van der Waals surface area contributed by atoms with Gasteiger partial charge < -0.3 is 15.5 Å². The highest BCUT2D eigenvalue weighted by atomic mass is 16.3. The average molecular weight is 215 g/mol. The number of hydrogen-bond donors (Lipinski definition) is 3. The largest absolute Gasteiger partial charge is 0.392 e. The first-order valence-corrected chi connectivity index (χ1v) is 6.19. The van der Waals surface area contributed by atoms with Gasteiger partial charge in [-0.2, -0.15) is 0 Å². The summed E-state index contributed by atoms with van der Waals surface area (Å²) < 4.78 is 0. The predicted octanol–water partition coefficient (Wildman–Crippen LogP) is 1.43. The number of aliphatic hydroxyl groups is 2. The van der Waals surface area contributed by atoms with Crippen LogP contribution in [0.5, 0.6) is 0 Å². The Morgan fingerprint density at radius 2 is 2.00 bits per heavy atom. The Hall–Kier alpha value is -0.120. The first-order valence-electron chi connectivity index (χ1n) is 6.19. The maximum Gasteiger partial charge on any atom is 0.0743 e. The minimum Gasteiger partial charge on any atom is -0.392 e. The molecule has 90 valence electrons. The van der Waals surface area contributed by atoms with Gasteiger partial charge in [-0.3, -0.25) is 0 Å². The second-order valence-corrected chi connectivity index (χ2v) is 5.09. The average Bonchev–Trinajstić information content (AvgIpc) is 2.16. The normalized spacial score (nSPS) is 31.2. The summed E-state index contributed by atoms with van der Waals surface area (Å²) in [5.74, 6) is 0. The summed E-state index contributed by atoms with van der Waals surface area (Å²) in [6.07, 6.45) is 5.81. The molecule has 0 saturated heterocycles. The smallest absolute Gasteiger partial charge is 0.0743 e. The van der Waals surface area contributed by atoms with E-state index in [1.54, 1.807) is 0 Å². The summed E-state index contributed by atoms with van der Waals surface area (Å²) in [6, 6.07) is 0.182. The van der Waals surface area contributed by atoms with E-state index in [9.17, 15) is 10.2 Å². The van der Waals surface area contributed by atoms with Gasteiger partial charge in [-0.05, 0) is 26.2 Å². The molecule has 1 saturated carbocycles. The standard InChI is InChI=1S/C12H25NO2/c1-3-8-12(2,15)9-13-10-6-4-5-7-11(10)14/h10-11,13-15H,3-9H2,1-2H3. The summed E-state index contributed by atoms with van der Waals surface area (Å²) in [5, 5.41) is 23.0. The van der Waals surface area contributed by atoms with E-state index in [-0.39, 0.29) is 12.1 Å². The highest BCUT2D eigenvalue weighted by Crippen LogP contribution is 2.19. The van der Waals surface area contributed by atoms with Crippen molar-refractivity contribution in [2.45, 2.75) is 70.1 Å². The zero-order valence-electron chi connectivity index (χ0n) is 10.00. The van der Waals surface area contributed by atoms with Crippen LogP contribution in [0.4, 0.5) is 0 Å². The number of rotatable bonds is 5. The lowest BCUT2D eigenvalue weighted by molar-refractivity contribution is 0.0306. The van der Waals surface area contributed by atoms with E-state index < -0.39 is 5.60 Å². The zero-order valence-corrected chi connectivity index (χ0v) is 10.00. The van der Waals surface area contributed by atoms with Gasteiger partial charge in [0.1, 0.15) is 0 Å². The van der Waals surface area contributed by atoms with E-state index in [0.29, 0.717) is 6.54 Å². The SMILES string of the molecule is CCCC(C)(O)CNC1CCCCC1O. The third-order valence-electron chi connectivity index (χ3n) is 3.26. The van der Waals surface area contributed by atoms with E-state index in [1.165, 1.54) is 6.42 Å². The molecule has 0 radical (unpaired) electrons. The van der Waals surface area contributed by atoms with Gasteiger partial charge in [-0.1, -0.05) is 26.2 Å². The Morgan fingerprint density at radius 1 is 1.33 bits per heavy atom. The van der Waals surface area contributed by atoms with Crippen molar-refractivity contribution < 1.29 is 10.2 Å². The Bertz CT molecular complexity index is 182. The molecule has 1 fully saturated rings. The van der Waals surface area contributed by atoms with E-state index in [1.807, 2.05) is 6.92 Å². The van der Waals surface area contributed by atoms with Gasteiger partial charge in [0.2, 0.25) is 0 Å². The highest BCUT2D eigenvalue weighted by Gasteiger charge is 2.26. The number of nitrogens with one attached hydrogen (secondary N) is 1. The van der Waals surface area contributed by atoms with Crippen LogP contribution in [0.1, 0.15) is 52.4 Å². The Kier molecular flexibility index (Phi) is 5.03. The molecule has 3 nitrogen and oxygen atoms in total. The molecule has 0 spiro atoms. The van der Waals surface area contributed by atoms with Crippen molar-refractivity contribution in [1.82, 2.24) is 5.32 Å². The molecule has 3 unspecified atom stereocenters. The van der Waals surface area contributed by atoms with Gasteiger partial charge in [-0.15, -0.1) is 0 Å². The second-order valence-electron chi connectivity index (χ2n) is 5.09. The van der Waals surface area contributed by atoms with Crippen LogP contribution in [0, 0.1) is 0 Å². The van der Waals surface area contributed by atoms with Crippen molar-refractivity contribution in [2.75, 3.05) is 6.54 Å². The molecule has 0 aromatic heterocycles. The van der Waals surface area contributed by atoms with Gasteiger partial charge in [-0.25, -0.2) is 0 Å². The molecule has 0 amide bonds. The van der Waals surface area contributed by atoms with Crippen molar-refractivity contribution in [3.05, 3.63) is 0 Å². The lowest BCUT2D eigenvalue weighted by Gasteiger charge is -2.32. The number of hydrogen-bond acceptors (Lipinski definition) is 3. The number of aliphatic hydroxyl groups excluding tert-OH is 1. The zero-order chi connectivity index (χ0) is 11.3. The van der Waals surface area contributed by atoms with E-state index in [2.05, 4.69) is 12.2 Å². The topological polar surface area (TPSA) is 52.5 Å². The lowest BCUT2D eigenvalue weighted by Crippen LogP contribution is -2.48. The molecule has 3 N–H and O–H groups in total. The predicted molar refractivity (Wildman–Crippen MR) is 61.8 cm³/mol. The van der Waals surface area contributed by atoms with Crippen LogP contribution >= 0.6 is 0 Å². The van der Waals surface area contributed by atoms with Crippen LogP contribution in [0.2, 0.25) is 0 Å². The highest BCUT2D eigenvalue weighted by molar-refractivity contribution is 4.84. The summed E-state index contributed by atoms with van der Waals surface area (Å²) >= 11 is 0. The van der Waals surface area contributed by atoms with Crippen molar-refractivity contribution >= 4 is 0 Å². The van der Waals surface area contributed by atoms with Gasteiger partial charge in [0.25, 0.3) is 0 Å². The molecule has 15 heavy (non-hydrogen) atoms. The van der Waals surface area contributed by atoms with E-state index in [0.717, 1.165) is 32.1 Å². The van der Waals surface area contributed by atoms with E-state index in [4.69, 9.17) is 0 Å². The Labute approximate surface area is 92.9 Å². The molecule has 1 aliphatic rings. The van der Waals surface area contributed by atoms with Gasteiger partial charge in [0, 0.05) is 12.6 Å². The lowest BCUT2D eigenvalue weighted by atomic mass is 9.91. The van der Waals surface area contributed by atoms with Crippen LogP contribution in [-0.4, -0.2) is 34.5 Å². The van der Waals surface area contributed by atoms with Crippen LogP contribution in [0.3, 0.4) is 0 Å². The first-order chi connectivity index (χ1) is 7.05. The van der Waals surface area contributed by atoms with Crippen molar-refractivity contribution in [3.8, 4) is 0 Å². The third kappa shape index (κ3) is 4.49. The molecular formula is C12H25NO2. The maximum atomic E-state index is 9.99. The Morgan fingerprint density at radius 3 is 2.60 bits per heavy atom. The van der Waals surface area contributed by atoms with Crippen molar-refractivity contribution in [3.63, 3.8) is 0 Å². The summed E-state index contributed by atoms with van der Waals surface area (Å²) in [6.45, 7) is 4.52. The molecule has 1 aliphatic carbocycles. The summed E-state index contributed by atoms with van der Waals surface area (Å²) in [4.78, 5) is 0. The quantitative estimate of drug-likeness (QED) is 0.650. The van der Waals surface area contributed by atoms with Gasteiger partial charge in [0.15, 0.2) is 0 Å². The summed E-state index contributed by atoms with van der Waals surface area (Å²) in [5.41, 5.74) is -0.633. The molecule has 0 aromatic rings. The molecule has 1 rings (SSSR count). The van der Waals surface area contributed by atoms with Gasteiger partial charge in [0.05, 0.1) is 11.7 Å². The molecule has 0 heterocycles. The summed E-state index contributed by atoms with van der Waals surface area (Å²) in [7, 11) is 0. The fourth-order valence-corrected chi connectivity index (χ4v) is 2.33. The van der Waals surface area contributed by atoms with Crippen LogP contribution < -0.4 is 5.32 Å². The molecule has 3 atom stereocenters.